The second-order valence-electron chi connectivity index (χ2n) is 8.27. The van der Waals surface area contributed by atoms with E-state index < -0.39 is 0 Å². The highest BCUT2D eigenvalue weighted by molar-refractivity contribution is 5.84. The van der Waals surface area contributed by atoms with Crippen LogP contribution in [0.4, 0.5) is 11.6 Å². The van der Waals surface area contributed by atoms with Crippen LogP contribution in [0.2, 0.25) is 0 Å². The van der Waals surface area contributed by atoms with Gasteiger partial charge in [-0.05, 0) is 45.0 Å². The number of rotatable bonds is 5. The number of aldehydes is 1. The van der Waals surface area contributed by atoms with E-state index in [1.54, 1.807) is 17.1 Å². The Kier molecular flexibility index (Phi) is 7.47. The third kappa shape index (κ3) is 5.64. The minimum atomic E-state index is 0.526. The number of likely N-dealkylation sites (tertiary alicyclic amines) is 1. The van der Waals surface area contributed by atoms with Gasteiger partial charge in [-0.3, -0.25) is 9.69 Å². The Morgan fingerprint density at radius 2 is 1.91 bits per heavy atom. The van der Waals surface area contributed by atoms with E-state index in [1.807, 2.05) is 17.8 Å². The number of aliphatic imine (C=N–C) groups is 1. The molecule has 172 valence electrons. The molecular formula is C25H31N7O. The smallest absolute Gasteiger partial charge is 0.165 e. The van der Waals surface area contributed by atoms with E-state index in [9.17, 15) is 4.79 Å². The van der Waals surface area contributed by atoms with Crippen LogP contribution in [0.1, 0.15) is 47.3 Å². The maximum Gasteiger partial charge on any atom is 0.165 e. The summed E-state index contributed by atoms with van der Waals surface area (Å²) in [4.78, 5) is 17.1. The van der Waals surface area contributed by atoms with E-state index in [0.29, 0.717) is 11.4 Å². The maximum atomic E-state index is 10.5. The molecule has 1 aromatic carbocycles. The Balaban J connectivity index is 0.000000183. The van der Waals surface area contributed by atoms with Crippen molar-refractivity contribution in [3.63, 3.8) is 0 Å². The molecule has 1 fully saturated rings. The second kappa shape index (κ2) is 10.9. The van der Waals surface area contributed by atoms with Gasteiger partial charge < -0.3 is 5.32 Å². The van der Waals surface area contributed by atoms with E-state index in [2.05, 4.69) is 57.6 Å². The van der Waals surface area contributed by atoms with Gasteiger partial charge in [-0.1, -0.05) is 30.2 Å². The first kappa shape index (κ1) is 22.7. The third-order valence-electron chi connectivity index (χ3n) is 5.75. The first-order chi connectivity index (χ1) is 16.2. The van der Waals surface area contributed by atoms with Gasteiger partial charge in [0.2, 0.25) is 0 Å². The second-order valence-corrected chi connectivity index (χ2v) is 8.27. The minimum Gasteiger partial charge on any atom is -0.373 e. The SMILES string of the molecule is CNc1cc(CN2CCCCC2)nn1-c1ccc(C)cc1.O=Cc1cnn2c1N=CCC=C2. The molecule has 2 aliphatic rings. The van der Waals surface area contributed by atoms with Crippen LogP contribution in [0.15, 0.2) is 47.6 Å². The van der Waals surface area contributed by atoms with Crippen molar-refractivity contribution < 1.29 is 4.79 Å². The van der Waals surface area contributed by atoms with E-state index >= 15 is 0 Å². The van der Waals surface area contributed by atoms with Crippen LogP contribution in [0.5, 0.6) is 0 Å². The molecule has 8 heteroatoms. The highest BCUT2D eigenvalue weighted by Crippen LogP contribution is 2.20. The number of aromatic nitrogens is 4. The van der Waals surface area contributed by atoms with Crippen molar-refractivity contribution in [2.24, 2.45) is 4.99 Å². The summed E-state index contributed by atoms with van der Waals surface area (Å²) < 4.78 is 3.59. The minimum absolute atomic E-state index is 0.526. The van der Waals surface area contributed by atoms with Crippen molar-refractivity contribution in [1.82, 2.24) is 24.5 Å². The molecule has 33 heavy (non-hydrogen) atoms. The molecule has 0 atom stereocenters. The Bertz CT molecular complexity index is 1120. The number of aryl methyl sites for hydroxylation is 1. The van der Waals surface area contributed by atoms with Gasteiger partial charge in [-0.2, -0.15) is 10.2 Å². The molecule has 0 amide bonds. The predicted molar refractivity (Wildman–Crippen MR) is 133 cm³/mol. The van der Waals surface area contributed by atoms with E-state index in [-0.39, 0.29) is 0 Å². The normalized spacial score (nSPS) is 15.3. The fraction of sp³-hybridized carbons (Fsp3) is 0.360. The summed E-state index contributed by atoms with van der Waals surface area (Å²) in [6, 6.07) is 10.7. The molecule has 1 saturated heterocycles. The van der Waals surface area contributed by atoms with Crippen molar-refractivity contribution in [1.29, 1.82) is 0 Å². The molecule has 0 radical (unpaired) electrons. The summed E-state index contributed by atoms with van der Waals surface area (Å²) >= 11 is 0. The monoisotopic (exact) mass is 445 g/mol. The molecular weight excluding hydrogens is 414 g/mol. The quantitative estimate of drug-likeness (QED) is 0.586. The average Bonchev–Trinajstić information content (AvgIpc) is 3.36. The Hall–Kier alpha value is -3.52. The molecule has 5 rings (SSSR count). The number of benzene rings is 1. The lowest BCUT2D eigenvalue weighted by atomic mass is 10.1. The average molecular weight is 446 g/mol. The highest BCUT2D eigenvalue weighted by atomic mass is 16.1. The molecule has 4 heterocycles. The van der Waals surface area contributed by atoms with Crippen molar-refractivity contribution in [3.05, 3.63) is 59.4 Å². The molecule has 0 spiro atoms. The number of hydrogen-bond donors (Lipinski definition) is 1. The van der Waals surface area contributed by atoms with Gasteiger partial charge in [0.25, 0.3) is 0 Å². The van der Waals surface area contributed by atoms with Crippen LogP contribution in [-0.2, 0) is 6.54 Å². The van der Waals surface area contributed by atoms with Crippen LogP contribution in [0, 0.1) is 6.92 Å². The number of allylic oxidation sites excluding steroid dienone is 1. The fourth-order valence-corrected chi connectivity index (χ4v) is 3.97. The predicted octanol–water partition coefficient (Wildman–Crippen LogP) is 4.48. The number of carbonyl (C=O) groups excluding carboxylic acids is 1. The van der Waals surface area contributed by atoms with Crippen molar-refractivity contribution >= 4 is 30.3 Å². The highest BCUT2D eigenvalue weighted by Gasteiger charge is 2.14. The number of piperidine rings is 1. The molecule has 0 bridgehead atoms. The molecule has 0 aliphatic carbocycles. The summed E-state index contributed by atoms with van der Waals surface area (Å²) in [6.45, 7) is 5.46. The molecule has 0 unspecified atom stereocenters. The van der Waals surface area contributed by atoms with Crippen LogP contribution in [0.25, 0.3) is 11.9 Å². The first-order valence-electron chi connectivity index (χ1n) is 11.5. The zero-order valence-corrected chi connectivity index (χ0v) is 19.3. The van der Waals surface area contributed by atoms with Crippen LogP contribution < -0.4 is 5.32 Å². The molecule has 3 aromatic rings. The zero-order chi connectivity index (χ0) is 23.0. The van der Waals surface area contributed by atoms with E-state index in [4.69, 9.17) is 5.10 Å². The Morgan fingerprint density at radius 1 is 1.12 bits per heavy atom. The summed E-state index contributed by atoms with van der Waals surface area (Å²) in [6.07, 6.45) is 12.5. The summed E-state index contributed by atoms with van der Waals surface area (Å²) in [7, 11) is 1.95. The Morgan fingerprint density at radius 3 is 2.64 bits per heavy atom. The molecule has 1 N–H and O–H groups in total. The summed E-state index contributed by atoms with van der Waals surface area (Å²) in [5, 5.41) is 12.0. The lowest BCUT2D eigenvalue weighted by Gasteiger charge is -2.25. The van der Waals surface area contributed by atoms with Crippen molar-refractivity contribution in [2.75, 3.05) is 25.5 Å². The standard InChI is InChI=1S/C17H24N4.C8H7N3O/c1-14-6-8-16(9-7-14)21-17(18-2)12-15(19-21)13-20-10-4-3-5-11-20;12-6-7-5-10-11-4-2-1-3-9-8(7)11/h6-9,12,18H,3-5,10-11,13H2,1-2H3;2-6H,1H2. The van der Waals surface area contributed by atoms with Gasteiger partial charge in [0, 0.05) is 38.5 Å². The van der Waals surface area contributed by atoms with Gasteiger partial charge in [0.1, 0.15) is 5.82 Å². The van der Waals surface area contributed by atoms with Crippen LogP contribution in [-0.4, -0.2) is 57.1 Å². The van der Waals surface area contributed by atoms with Gasteiger partial charge in [0.15, 0.2) is 12.1 Å². The van der Waals surface area contributed by atoms with Gasteiger partial charge in [-0.15, -0.1) is 0 Å². The topological polar surface area (TPSA) is 80.3 Å². The third-order valence-corrected chi connectivity index (χ3v) is 5.75. The largest absolute Gasteiger partial charge is 0.373 e. The summed E-state index contributed by atoms with van der Waals surface area (Å²) in [5.41, 5.74) is 4.04. The number of nitrogens with one attached hydrogen (secondary N) is 1. The Labute approximate surface area is 194 Å². The van der Waals surface area contributed by atoms with Crippen molar-refractivity contribution in [2.45, 2.75) is 39.2 Å². The van der Waals surface area contributed by atoms with Gasteiger partial charge >= 0.3 is 0 Å². The number of hydrogen-bond acceptors (Lipinski definition) is 6. The summed E-state index contributed by atoms with van der Waals surface area (Å²) in [5.74, 6) is 1.66. The lowest BCUT2D eigenvalue weighted by Crippen LogP contribution is -2.29. The molecule has 8 nitrogen and oxygen atoms in total. The van der Waals surface area contributed by atoms with E-state index in [0.717, 1.165) is 36.5 Å². The van der Waals surface area contributed by atoms with Crippen LogP contribution >= 0.6 is 0 Å². The van der Waals surface area contributed by atoms with Crippen LogP contribution in [0.3, 0.4) is 0 Å². The fourth-order valence-electron chi connectivity index (χ4n) is 3.97. The molecule has 0 saturated carbocycles. The number of fused-ring (bicyclic) bond motifs is 1. The first-order valence-corrected chi connectivity index (χ1v) is 11.5. The van der Waals surface area contributed by atoms with Crippen molar-refractivity contribution in [3.8, 4) is 5.69 Å². The zero-order valence-electron chi connectivity index (χ0n) is 19.3. The van der Waals surface area contributed by atoms with Gasteiger partial charge in [0.05, 0.1) is 23.1 Å². The molecule has 2 aliphatic heterocycles. The maximum absolute atomic E-state index is 10.5. The van der Waals surface area contributed by atoms with E-state index in [1.165, 1.54) is 44.1 Å². The number of carbonyl (C=O) groups is 1. The van der Waals surface area contributed by atoms with Gasteiger partial charge in [-0.25, -0.2) is 14.4 Å². The number of nitrogens with zero attached hydrogens (tertiary/aromatic N) is 6. The number of anilines is 1. The lowest BCUT2D eigenvalue weighted by molar-refractivity contribution is 0.112. The molecule has 2 aromatic heterocycles.